The van der Waals surface area contributed by atoms with Gasteiger partial charge in [-0.1, -0.05) is 170 Å². The summed E-state index contributed by atoms with van der Waals surface area (Å²) >= 11 is 19.2. The number of nitrogens with one attached hydrogen (secondary N) is 5. The van der Waals surface area contributed by atoms with E-state index in [-0.39, 0.29) is 33.4 Å². The maximum atomic E-state index is 12.4. The van der Waals surface area contributed by atoms with Crippen molar-refractivity contribution >= 4 is 174 Å². The van der Waals surface area contributed by atoms with Crippen LogP contribution in [0.3, 0.4) is 0 Å². The van der Waals surface area contributed by atoms with Crippen molar-refractivity contribution in [3.05, 3.63) is 417 Å². The van der Waals surface area contributed by atoms with Crippen LogP contribution in [0.25, 0.3) is 68.1 Å². The molecular formula is C100H89BrN28O6S10. The quantitative estimate of drug-likeness (QED) is 0.0191. The standard InChI is InChI=1S/C20H17N5OS.C18H17N5OS2.C17H14BrN5OS2.C16H17N5OS.C15H12N4OS3.C14H12N4OS/c1-21-22-12-14-6-8-17(9-7-14)27-13-16-11-20(26)25(24-16)19-10-15-4-2-3-5-18(15)23-19;1-11-7-12(2)20-16(19-11)10-25-9-13-8-17(24)23(22-13)18-21-14-5-3-4-6-15(14)26-18;1-9-5-10(2)20-16(19-9)25-8-12-7-15(24)23(22-12)17-21-13-4-3-11(18)6-14(13)26-17;1-11-8-12(2)19-16(18-11)23-10-13-9-15(22)21(20(13)3)14-6-4-5-7-17-14;1-9-7-16-15(22-9)21-8-10-6-13(20)19(18-10)14-17-11-4-2-3-5-12(11)23-14;19-14-8-11(10-20-12-4-2-1-3-5-12)17-18(14)13-9-15-6-7-16-13/h1-9,11,24H,10,12-13H2;3-8,22H,9-10H2,1-2H3;3-7,22H,8H2,1-2H3;4-9H,10H2,1-3H3;2-7,18H,8H2,1H3;1-9,17H,10H2. The lowest BCUT2D eigenvalue weighted by molar-refractivity contribution is 0.616. The number of H-pyrrole nitrogens is 5. The number of halogens is 1. The van der Waals surface area contributed by atoms with Gasteiger partial charge in [-0.2, -0.15) is 23.4 Å². The van der Waals surface area contributed by atoms with Crippen molar-refractivity contribution in [1.82, 2.24) is 123 Å². The molecule has 0 fully saturated rings. The van der Waals surface area contributed by atoms with Gasteiger partial charge in [-0.3, -0.25) is 63.9 Å². The molecule has 0 aliphatic carbocycles. The van der Waals surface area contributed by atoms with Crippen LogP contribution in [0.5, 0.6) is 0 Å². The van der Waals surface area contributed by atoms with E-state index in [1.165, 1.54) is 90.7 Å². The van der Waals surface area contributed by atoms with Crippen molar-refractivity contribution in [1.29, 1.82) is 0 Å². The van der Waals surface area contributed by atoms with Gasteiger partial charge in [0.25, 0.3) is 39.9 Å². The van der Waals surface area contributed by atoms with E-state index in [0.717, 1.165) is 146 Å². The van der Waals surface area contributed by atoms with Crippen molar-refractivity contribution in [2.24, 2.45) is 12.0 Å². The molecule has 22 rings (SSSR count). The second-order valence-electron chi connectivity index (χ2n) is 32.2. The molecule has 0 radical (unpaired) electrons. The molecule has 1 aliphatic rings. The first kappa shape index (κ1) is 102. The maximum Gasteiger partial charge on any atom is 0.273 e. The number of rotatable bonds is 26. The zero-order valence-corrected chi connectivity index (χ0v) is 88.6. The predicted molar refractivity (Wildman–Crippen MR) is 587 cm³/mol. The third-order valence-electron chi connectivity index (χ3n) is 20.9. The smallest absolute Gasteiger partial charge is 0.273 e. The highest BCUT2D eigenvalue weighted by Gasteiger charge is 2.22. The zero-order valence-electron chi connectivity index (χ0n) is 78.8. The third kappa shape index (κ3) is 27.4. The van der Waals surface area contributed by atoms with E-state index in [4.69, 9.17) is 6.57 Å². The normalized spacial score (nSPS) is 11.4. The van der Waals surface area contributed by atoms with Crippen molar-refractivity contribution in [3.63, 3.8) is 0 Å². The summed E-state index contributed by atoms with van der Waals surface area (Å²) in [5, 5.41) is 19.0. The predicted octanol–water partition coefficient (Wildman–Crippen LogP) is 20.6. The van der Waals surface area contributed by atoms with Crippen molar-refractivity contribution in [2.75, 3.05) is 0 Å². The van der Waals surface area contributed by atoms with E-state index in [0.29, 0.717) is 85.4 Å². The lowest BCUT2D eigenvalue weighted by Crippen LogP contribution is -2.24. The molecule has 732 valence electrons. The van der Waals surface area contributed by atoms with Gasteiger partial charge in [0.15, 0.2) is 21.9 Å². The minimum absolute atomic E-state index is 0.0837. The van der Waals surface area contributed by atoms with E-state index in [2.05, 4.69) is 122 Å². The molecule has 34 nitrogen and oxygen atoms in total. The molecule has 0 unspecified atom stereocenters. The van der Waals surface area contributed by atoms with Gasteiger partial charge in [-0.25, -0.2) is 69.5 Å². The first-order valence-electron chi connectivity index (χ1n) is 44.6. The van der Waals surface area contributed by atoms with E-state index in [9.17, 15) is 28.8 Å². The summed E-state index contributed by atoms with van der Waals surface area (Å²) in [6.07, 6.45) is 8.87. The number of aromatic nitrogens is 25. The van der Waals surface area contributed by atoms with Crippen LogP contribution in [-0.2, 0) is 60.3 Å². The molecule has 21 aromatic rings. The summed E-state index contributed by atoms with van der Waals surface area (Å²) in [6, 6.07) is 68.7. The van der Waals surface area contributed by atoms with Gasteiger partial charge >= 0.3 is 0 Å². The van der Waals surface area contributed by atoms with Gasteiger partial charge < -0.3 is 5.43 Å². The summed E-state index contributed by atoms with van der Waals surface area (Å²) in [5.74, 6) is 7.30. The number of nitrogens with zero attached hydrogens (tertiary/aromatic N) is 23. The Bertz CT molecular complexity index is 8450. The number of hydrogen-bond acceptors (Lipinski definition) is 30. The number of pyridine rings is 1. The monoisotopic (exact) mass is 2180 g/mol. The van der Waals surface area contributed by atoms with Crippen molar-refractivity contribution in [2.45, 2.75) is 126 Å². The second kappa shape index (κ2) is 48.4. The summed E-state index contributed by atoms with van der Waals surface area (Å²) < 4.78 is 16.0. The molecule has 145 heavy (non-hydrogen) atoms. The molecule has 0 atom stereocenters. The summed E-state index contributed by atoms with van der Waals surface area (Å²) in [7, 11) is 1.86. The molecule has 6 aromatic carbocycles. The number of aromatic amines is 5. The Morgan fingerprint density at radius 1 is 0.407 bits per heavy atom. The van der Waals surface area contributed by atoms with Crippen molar-refractivity contribution in [3.8, 4) is 33.6 Å². The minimum atomic E-state index is -0.130. The molecule has 5 N–H and O–H groups in total. The highest BCUT2D eigenvalue weighted by Crippen LogP contribution is 2.34. The average Bonchev–Trinajstić information content (AvgIpc) is 1.66. The molecule has 0 bridgehead atoms. The average molecular weight is 2180 g/mol. The van der Waals surface area contributed by atoms with E-state index < -0.39 is 0 Å². The molecule has 0 saturated carbocycles. The van der Waals surface area contributed by atoms with Crippen LogP contribution in [0.4, 0.5) is 5.69 Å². The molecule has 0 amide bonds. The lowest BCUT2D eigenvalue weighted by Gasteiger charge is -2.09. The third-order valence-corrected chi connectivity index (χ3v) is 31.5. The van der Waals surface area contributed by atoms with Crippen molar-refractivity contribution < 1.29 is 0 Å². The molecule has 45 heteroatoms. The molecule has 15 aromatic heterocycles. The van der Waals surface area contributed by atoms with Crippen LogP contribution >= 0.6 is 132 Å². The Kier molecular flexibility index (Phi) is 34.1. The Morgan fingerprint density at radius 2 is 0.890 bits per heavy atom. The van der Waals surface area contributed by atoms with E-state index in [1.807, 2.05) is 248 Å². The topological polar surface area (TPSA) is 414 Å². The Labute approximate surface area is 877 Å². The Morgan fingerprint density at radius 3 is 1.43 bits per heavy atom. The van der Waals surface area contributed by atoms with Gasteiger partial charge in [0, 0.05) is 191 Å². The number of para-hydroxylation sites is 3. The van der Waals surface area contributed by atoms with Gasteiger partial charge in [-0.15, -0.1) is 51.6 Å². The molecular weight excluding hydrogens is 2090 g/mol. The molecule has 16 heterocycles. The molecule has 0 spiro atoms. The van der Waals surface area contributed by atoms with E-state index in [1.54, 1.807) is 124 Å². The van der Waals surface area contributed by atoms with Gasteiger partial charge in [0.2, 0.25) is 15.4 Å². The second-order valence-corrected chi connectivity index (χ2v) is 43.6. The molecule has 1 aliphatic heterocycles. The maximum absolute atomic E-state index is 12.4. The van der Waals surface area contributed by atoms with Crippen LogP contribution in [0.15, 0.2) is 312 Å². The fourth-order valence-electron chi connectivity index (χ4n) is 14.5. The Hall–Kier alpha value is -14.3. The summed E-state index contributed by atoms with van der Waals surface area (Å²) in [5.41, 5.74) is 19.8. The molecule has 0 saturated heterocycles. The van der Waals surface area contributed by atoms with Crippen LogP contribution in [0.2, 0.25) is 0 Å². The van der Waals surface area contributed by atoms with Gasteiger partial charge in [-0.05, 0) is 164 Å². The first-order valence-corrected chi connectivity index (χ1v) is 54.7. The van der Waals surface area contributed by atoms with Crippen LogP contribution < -0.4 is 33.4 Å². The van der Waals surface area contributed by atoms with Crippen LogP contribution in [0, 0.1) is 55.0 Å². The number of aliphatic imine (C=N–C) groups is 1. The zero-order chi connectivity index (χ0) is 101. The largest absolute Gasteiger partial charge is 0.304 e. The number of aryl methyl sites for hydroxylation is 7. The summed E-state index contributed by atoms with van der Waals surface area (Å²) in [6.45, 7) is 19.3. The fourth-order valence-corrected chi connectivity index (χ4v) is 23.9. The summed E-state index contributed by atoms with van der Waals surface area (Å²) in [4.78, 5) is 141. The lowest BCUT2D eigenvalue weighted by atomic mass is 10.1. The van der Waals surface area contributed by atoms with Crippen LogP contribution in [-0.4, -0.2) is 129 Å². The Balaban J connectivity index is 0.000000119. The van der Waals surface area contributed by atoms with E-state index >= 15 is 0 Å². The van der Waals surface area contributed by atoms with Gasteiger partial charge in [0.05, 0.1) is 54.0 Å². The van der Waals surface area contributed by atoms with Gasteiger partial charge in [0.1, 0.15) is 16.0 Å². The number of thioether (sulfide) groups is 6. The highest BCUT2D eigenvalue weighted by atomic mass is 79.9. The first-order chi connectivity index (χ1) is 70.3. The highest BCUT2D eigenvalue weighted by molar-refractivity contribution is 9.10. The number of benzene rings is 6. The SMILES string of the molecule is C#[N+][N-]Cc1ccc(SCc2cc(=O)n(C3=Nc4ccccc4C3)[nH]2)cc1.Cc1cc(C)nc(CSCc2cc(=O)n(-c3nc4ccccc4s3)[nH]2)n1.Cc1cc(C)nc(SCc2cc(=O)n(-c3ccccn3)n2C)n1.Cc1cc(C)nc(SCc2cc(=O)n(-c3nc4ccc(Br)cc4s3)[nH]2)n1.Cc1cnc(SCc2cc(=O)n(-c3nc4ccccc4s3)[nH]2)s1.O=c1cc(CSc2ccccc2)[nH]n1-c1cnccn1. The number of thiazole rings is 4. The fraction of sp³-hybridized carbons (Fsp3) is 0.170. The van der Waals surface area contributed by atoms with Crippen LogP contribution in [0.1, 0.15) is 90.2 Å². The number of hydrogen-bond donors (Lipinski definition) is 5. The minimum Gasteiger partial charge on any atom is -0.304 e. The number of fused-ring (bicyclic) bond motifs is 4.